The topological polar surface area (TPSA) is 134 Å². The first-order valence-corrected chi connectivity index (χ1v) is 18.3. The Bertz CT molecular complexity index is 1760. The van der Waals surface area contributed by atoms with E-state index >= 15 is 0 Å². The average Bonchev–Trinajstić information content (AvgIpc) is 3.52. The van der Waals surface area contributed by atoms with Crippen LogP contribution >= 0.6 is 0 Å². The van der Waals surface area contributed by atoms with E-state index < -0.39 is 22.1 Å². The van der Waals surface area contributed by atoms with Crippen molar-refractivity contribution in [3.8, 4) is 0 Å². The molecule has 5 atom stereocenters. The van der Waals surface area contributed by atoms with Crippen molar-refractivity contribution in [1.82, 2.24) is 24.8 Å². The molecule has 0 bridgehead atoms. The van der Waals surface area contributed by atoms with Gasteiger partial charge in [-0.25, -0.2) is 22.8 Å². The van der Waals surface area contributed by atoms with Crippen molar-refractivity contribution in [2.45, 2.75) is 70.5 Å². The number of rotatable bonds is 10. The fourth-order valence-electron chi connectivity index (χ4n) is 6.99. The van der Waals surface area contributed by atoms with Crippen LogP contribution in [0.25, 0.3) is 10.8 Å². The van der Waals surface area contributed by atoms with Crippen molar-refractivity contribution in [1.29, 1.82) is 0 Å². The fourth-order valence-corrected chi connectivity index (χ4v) is 8.15. The first kappa shape index (κ1) is 33.0. The highest BCUT2D eigenvalue weighted by Gasteiger charge is 2.39. The maximum absolute atomic E-state index is 14.9. The van der Waals surface area contributed by atoms with Gasteiger partial charge in [0.15, 0.2) is 0 Å². The summed E-state index contributed by atoms with van der Waals surface area (Å²) in [5, 5.41) is 5.00. The second-order valence-electron chi connectivity index (χ2n) is 13.1. The Kier molecular flexibility index (Phi) is 9.34. The first-order valence-electron chi connectivity index (χ1n) is 16.2. The molecule has 12 nitrogen and oxygen atoms in total. The molecule has 3 aromatic heterocycles. The molecule has 252 valence electrons. The van der Waals surface area contributed by atoms with E-state index in [4.69, 9.17) is 14.7 Å². The lowest BCUT2D eigenvalue weighted by atomic mass is 9.90. The van der Waals surface area contributed by atoms with Gasteiger partial charge in [0.25, 0.3) is 0 Å². The summed E-state index contributed by atoms with van der Waals surface area (Å²) in [6.45, 7) is 11.5. The van der Waals surface area contributed by atoms with E-state index in [0.29, 0.717) is 43.6 Å². The van der Waals surface area contributed by atoms with Crippen molar-refractivity contribution in [2.75, 3.05) is 53.3 Å². The smallest absolute Gasteiger partial charge is 0.246 e. The van der Waals surface area contributed by atoms with Crippen LogP contribution in [0.1, 0.15) is 51.8 Å². The van der Waals surface area contributed by atoms with Crippen LogP contribution in [-0.4, -0.2) is 102 Å². The predicted molar refractivity (Wildman–Crippen MR) is 180 cm³/mol. The predicted octanol–water partition coefficient (Wildman–Crippen LogP) is 4.22. The molecule has 3 fully saturated rings. The van der Waals surface area contributed by atoms with Gasteiger partial charge < -0.3 is 24.8 Å². The number of halogens is 1. The lowest BCUT2D eigenvalue weighted by molar-refractivity contribution is -0.126. The number of likely N-dealkylation sites (tertiary alicyclic amines) is 1. The minimum absolute atomic E-state index is 0.00839. The van der Waals surface area contributed by atoms with Crippen LogP contribution < -0.4 is 15.1 Å². The van der Waals surface area contributed by atoms with Gasteiger partial charge in [0, 0.05) is 61.0 Å². The number of piperidine rings is 1. The number of alkyl halides is 1. The molecule has 1 amide bonds. The van der Waals surface area contributed by atoms with Crippen LogP contribution in [0, 0.1) is 5.92 Å². The summed E-state index contributed by atoms with van der Waals surface area (Å²) in [5.74, 6) is 1.48. The Morgan fingerprint density at radius 1 is 1.15 bits per heavy atom. The zero-order valence-corrected chi connectivity index (χ0v) is 28.2. The SMILES string of the molecule is C=CC(=O)N1CCCC1c1ncc(N2C[C@H](CS(C)(=O)=O)[C@H]2C)c2cnc(Nc3ccnc(N4CC[C@@H](OC(C)C)[C@@H](F)C4)n3)cc12. The molecule has 6 rings (SSSR count). The summed E-state index contributed by atoms with van der Waals surface area (Å²) < 4.78 is 44.6. The Morgan fingerprint density at radius 3 is 2.66 bits per heavy atom. The van der Waals surface area contributed by atoms with Crippen LogP contribution in [0.3, 0.4) is 0 Å². The van der Waals surface area contributed by atoms with Crippen LogP contribution in [0.5, 0.6) is 0 Å². The normalized spacial score (nSPS) is 24.9. The number of anilines is 4. The monoisotopic (exact) mass is 666 g/mol. The number of carbonyl (C=O) groups is 1. The van der Waals surface area contributed by atoms with Crippen molar-refractivity contribution in [2.24, 2.45) is 5.92 Å². The number of nitrogens with one attached hydrogen (secondary N) is 1. The number of pyridine rings is 2. The number of ether oxygens (including phenoxy) is 1. The summed E-state index contributed by atoms with van der Waals surface area (Å²) in [6.07, 6.45) is 8.39. The zero-order valence-electron chi connectivity index (χ0n) is 27.3. The number of amides is 1. The second-order valence-corrected chi connectivity index (χ2v) is 15.3. The zero-order chi connectivity index (χ0) is 33.5. The minimum Gasteiger partial charge on any atom is -0.372 e. The third kappa shape index (κ3) is 7.03. The molecule has 3 aliphatic heterocycles. The quantitative estimate of drug-likeness (QED) is 0.312. The van der Waals surface area contributed by atoms with Gasteiger partial charge in [-0.2, -0.15) is 4.98 Å². The highest BCUT2D eigenvalue weighted by Crippen LogP contribution is 2.41. The highest BCUT2D eigenvalue weighted by molar-refractivity contribution is 7.90. The molecule has 3 aliphatic rings. The number of nitrogens with zero attached hydrogens (tertiary/aromatic N) is 7. The number of hydrogen-bond donors (Lipinski definition) is 1. The lowest BCUT2D eigenvalue weighted by Crippen LogP contribution is -2.57. The van der Waals surface area contributed by atoms with E-state index in [1.807, 2.05) is 37.9 Å². The minimum atomic E-state index is -3.10. The molecule has 3 aromatic rings. The molecule has 6 heterocycles. The molecule has 0 spiro atoms. The number of sulfone groups is 1. The molecule has 0 aromatic carbocycles. The Morgan fingerprint density at radius 2 is 1.96 bits per heavy atom. The van der Waals surface area contributed by atoms with Crippen LogP contribution in [0.2, 0.25) is 0 Å². The fraction of sp³-hybridized carbons (Fsp3) is 0.545. The van der Waals surface area contributed by atoms with Gasteiger partial charge in [0.2, 0.25) is 11.9 Å². The number of hydrogen-bond acceptors (Lipinski definition) is 11. The van der Waals surface area contributed by atoms with E-state index in [1.165, 1.54) is 12.3 Å². The van der Waals surface area contributed by atoms with Crippen LogP contribution in [-0.2, 0) is 19.4 Å². The second kappa shape index (κ2) is 13.3. The van der Waals surface area contributed by atoms with E-state index in [-0.39, 0.29) is 42.3 Å². The molecule has 0 saturated carbocycles. The molecule has 0 radical (unpaired) electrons. The Hall–Kier alpha value is -3.91. The number of carbonyl (C=O) groups excluding carboxylic acids is 1. The maximum Gasteiger partial charge on any atom is 0.246 e. The summed E-state index contributed by atoms with van der Waals surface area (Å²) in [4.78, 5) is 37.3. The van der Waals surface area contributed by atoms with Gasteiger partial charge in [-0.1, -0.05) is 6.58 Å². The largest absolute Gasteiger partial charge is 0.372 e. The number of fused-ring (bicyclic) bond motifs is 1. The van der Waals surface area contributed by atoms with E-state index in [2.05, 4.69) is 26.8 Å². The summed E-state index contributed by atoms with van der Waals surface area (Å²) in [6, 6.07) is 3.44. The number of aromatic nitrogens is 4. The van der Waals surface area contributed by atoms with Crippen molar-refractivity contribution < 1.29 is 22.3 Å². The van der Waals surface area contributed by atoms with E-state index in [1.54, 1.807) is 23.4 Å². The molecular weight excluding hydrogens is 623 g/mol. The lowest BCUT2D eigenvalue weighted by Gasteiger charge is -2.48. The van der Waals surface area contributed by atoms with E-state index in [0.717, 1.165) is 35.0 Å². The van der Waals surface area contributed by atoms with Crippen molar-refractivity contribution in [3.05, 3.63) is 49.1 Å². The van der Waals surface area contributed by atoms with Crippen LogP contribution in [0.4, 0.5) is 27.7 Å². The Balaban J connectivity index is 1.30. The molecular formula is C33H43FN8O4S. The van der Waals surface area contributed by atoms with Gasteiger partial charge in [-0.3, -0.25) is 9.78 Å². The van der Waals surface area contributed by atoms with Gasteiger partial charge in [-0.05, 0) is 58.2 Å². The van der Waals surface area contributed by atoms with E-state index in [9.17, 15) is 17.6 Å². The van der Waals surface area contributed by atoms with Gasteiger partial charge >= 0.3 is 0 Å². The molecule has 0 aliphatic carbocycles. The third-order valence-corrected chi connectivity index (χ3v) is 10.4. The van der Waals surface area contributed by atoms with Crippen molar-refractivity contribution in [3.63, 3.8) is 0 Å². The molecule has 1 N–H and O–H groups in total. The van der Waals surface area contributed by atoms with Gasteiger partial charge in [0.1, 0.15) is 27.6 Å². The first-order chi connectivity index (χ1) is 22.4. The molecule has 47 heavy (non-hydrogen) atoms. The highest BCUT2D eigenvalue weighted by atomic mass is 32.2. The average molecular weight is 667 g/mol. The molecule has 3 saturated heterocycles. The third-order valence-electron chi connectivity index (χ3n) is 9.35. The van der Waals surface area contributed by atoms with Gasteiger partial charge in [0.05, 0.1) is 48.1 Å². The maximum atomic E-state index is 14.9. The molecule has 14 heteroatoms. The standard InChI is InChI=1S/C33H43FN8O4S/c1-6-31(43)41-12-7-8-26(41)32-23-14-30(36-15-24(23)27(16-37-32)42-17-22(21(42)4)19-47(5,44)45)38-29-9-11-35-33(39-29)40-13-10-28(25(34)18-40)46-20(2)3/h6,9,11,14-16,20-22,25-26,28H,1,7-8,10,12-13,17-19H2,2-5H3,(H,35,36,38,39)/t21-,22-,25+,26?,28-/m1/s1. The van der Waals surface area contributed by atoms with Crippen molar-refractivity contribution >= 4 is 49.8 Å². The van der Waals surface area contributed by atoms with Crippen LogP contribution in [0.15, 0.2) is 43.4 Å². The Labute approximate surface area is 275 Å². The molecule has 1 unspecified atom stereocenters. The summed E-state index contributed by atoms with van der Waals surface area (Å²) in [7, 11) is -3.10. The summed E-state index contributed by atoms with van der Waals surface area (Å²) >= 11 is 0. The summed E-state index contributed by atoms with van der Waals surface area (Å²) in [5.41, 5.74) is 1.64. The van der Waals surface area contributed by atoms with Gasteiger partial charge in [-0.15, -0.1) is 0 Å².